The summed E-state index contributed by atoms with van der Waals surface area (Å²) in [4.78, 5) is 13.0. The molecule has 33 heavy (non-hydrogen) atoms. The fourth-order valence-corrected chi connectivity index (χ4v) is 4.47. The third-order valence-corrected chi connectivity index (χ3v) is 6.51. The van der Waals surface area contributed by atoms with E-state index in [0.717, 1.165) is 43.8 Å². The monoisotopic (exact) mass is 451 g/mol. The van der Waals surface area contributed by atoms with E-state index in [-0.39, 0.29) is 12.0 Å². The molecule has 1 aromatic carbocycles. The highest BCUT2D eigenvalue weighted by molar-refractivity contribution is 5.81. The SMILES string of the molecule is CC(CCN1CCCc2nc(C)c(C)cc21)=NOCC(C)C(OCc1ccccc1)C(C)C. The third kappa shape index (κ3) is 7.29. The molecule has 0 aliphatic carbocycles. The summed E-state index contributed by atoms with van der Waals surface area (Å²) in [5.74, 6) is 0.675. The van der Waals surface area contributed by atoms with Gasteiger partial charge in [0.05, 0.1) is 29.8 Å². The van der Waals surface area contributed by atoms with Crippen molar-refractivity contribution in [3.63, 3.8) is 0 Å². The molecule has 0 N–H and O–H groups in total. The van der Waals surface area contributed by atoms with Gasteiger partial charge in [-0.3, -0.25) is 4.98 Å². The van der Waals surface area contributed by atoms with Crippen molar-refractivity contribution in [1.29, 1.82) is 0 Å². The van der Waals surface area contributed by atoms with E-state index in [1.807, 2.05) is 18.2 Å². The molecular weight excluding hydrogens is 410 g/mol. The van der Waals surface area contributed by atoms with Crippen LogP contribution in [0, 0.1) is 25.7 Å². The van der Waals surface area contributed by atoms with Gasteiger partial charge < -0.3 is 14.5 Å². The second-order valence-corrected chi connectivity index (χ2v) is 9.80. The largest absolute Gasteiger partial charge is 0.395 e. The van der Waals surface area contributed by atoms with Crippen LogP contribution in [0.15, 0.2) is 41.6 Å². The lowest BCUT2D eigenvalue weighted by Crippen LogP contribution is -2.32. The zero-order chi connectivity index (χ0) is 23.8. The summed E-state index contributed by atoms with van der Waals surface area (Å²) in [7, 11) is 0. The Morgan fingerprint density at radius 1 is 1.15 bits per heavy atom. The maximum atomic E-state index is 6.25. The van der Waals surface area contributed by atoms with E-state index in [2.05, 4.69) is 69.8 Å². The van der Waals surface area contributed by atoms with Crippen molar-refractivity contribution in [1.82, 2.24) is 4.98 Å². The van der Waals surface area contributed by atoms with Crippen LogP contribution in [0.1, 0.15) is 63.1 Å². The molecule has 0 bridgehead atoms. The van der Waals surface area contributed by atoms with E-state index < -0.39 is 0 Å². The molecule has 0 fully saturated rings. The number of pyridine rings is 1. The van der Waals surface area contributed by atoms with Gasteiger partial charge in [-0.15, -0.1) is 0 Å². The maximum absolute atomic E-state index is 6.25. The second-order valence-electron chi connectivity index (χ2n) is 9.80. The predicted molar refractivity (Wildman–Crippen MR) is 137 cm³/mol. The fourth-order valence-electron chi connectivity index (χ4n) is 4.47. The van der Waals surface area contributed by atoms with Crippen LogP contribution >= 0.6 is 0 Å². The first-order valence-electron chi connectivity index (χ1n) is 12.4. The summed E-state index contributed by atoms with van der Waals surface area (Å²) in [5.41, 5.74) is 7.16. The van der Waals surface area contributed by atoms with Gasteiger partial charge in [0.15, 0.2) is 0 Å². The van der Waals surface area contributed by atoms with Crippen molar-refractivity contribution in [2.75, 3.05) is 24.6 Å². The molecule has 2 atom stereocenters. The molecular formula is C28H41N3O2. The van der Waals surface area contributed by atoms with Gasteiger partial charge in [-0.25, -0.2) is 0 Å². The van der Waals surface area contributed by atoms with E-state index in [9.17, 15) is 0 Å². The summed E-state index contributed by atoms with van der Waals surface area (Å²) in [6.45, 7) is 16.1. The molecule has 0 saturated carbocycles. The first-order chi connectivity index (χ1) is 15.8. The summed E-state index contributed by atoms with van der Waals surface area (Å²) < 4.78 is 6.25. The van der Waals surface area contributed by atoms with Gasteiger partial charge in [-0.2, -0.15) is 0 Å². The van der Waals surface area contributed by atoms with Gasteiger partial charge in [0.1, 0.15) is 6.61 Å². The van der Waals surface area contributed by atoms with Crippen molar-refractivity contribution in [3.05, 3.63) is 58.9 Å². The Balaban J connectivity index is 1.47. The number of ether oxygens (including phenoxy) is 1. The molecule has 2 aromatic rings. The van der Waals surface area contributed by atoms with Gasteiger partial charge in [-0.1, -0.05) is 56.3 Å². The van der Waals surface area contributed by atoms with Gasteiger partial charge >= 0.3 is 0 Å². The van der Waals surface area contributed by atoms with Crippen LogP contribution in [-0.4, -0.2) is 36.5 Å². The Labute approximate surface area is 200 Å². The highest BCUT2D eigenvalue weighted by Crippen LogP contribution is 2.28. The molecule has 5 nitrogen and oxygen atoms in total. The predicted octanol–water partition coefficient (Wildman–Crippen LogP) is 6.11. The lowest BCUT2D eigenvalue weighted by Gasteiger charge is -2.31. The van der Waals surface area contributed by atoms with Crippen LogP contribution < -0.4 is 4.90 Å². The van der Waals surface area contributed by atoms with E-state index in [1.165, 1.54) is 22.5 Å². The van der Waals surface area contributed by atoms with Crippen LogP contribution in [0.25, 0.3) is 0 Å². The lowest BCUT2D eigenvalue weighted by atomic mass is 9.95. The Bertz CT molecular complexity index is 911. The average Bonchev–Trinajstić information content (AvgIpc) is 2.79. The maximum Gasteiger partial charge on any atom is 0.122 e. The molecule has 1 aliphatic heterocycles. The molecule has 0 spiro atoms. The molecule has 2 unspecified atom stereocenters. The van der Waals surface area contributed by atoms with Crippen LogP contribution in [0.5, 0.6) is 0 Å². The quantitative estimate of drug-likeness (QED) is 0.305. The van der Waals surface area contributed by atoms with E-state index in [1.54, 1.807) is 0 Å². The van der Waals surface area contributed by atoms with E-state index >= 15 is 0 Å². The number of hydrogen-bond donors (Lipinski definition) is 0. The number of fused-ring (bicyclic) bond motifs is 1. The van der Waals surface area contributed by atoms with Crippen molar-refractivity contribution in [3.8, 4) is 0 Å². The number of hydrogen-bond acceptors (Lipinski definition) is 5. The molecule has 2 heterocycles. The zero-order valence-electron chi connectivity index (χ0n) is 21.3. The lowest BCUT2D eigenvalue weighted by molar-refractivity contribution is -0.0482. The van der Waals surface area contributed by atoms with Crippen molar-refractivity contribution < 1.29 is 9.57 Å². The highest BCUT2D eigenvalue weighted by atomic mass is 16.6. The minimum atomic E-state index is 0.129. The Morgan fingerprint density at radius 3 is 2.64 bits per heavy atom. The molecule has 3 rings (SSSR count). The number of benzene rings is 1. The van der Waals surface area contributed by atoms with Gasteiger partial charge in [0.25, 0.3) is 0 Å². The standard InChI is InChI=1S/C28H41N3O2/c1-20(2)28(32-19-25-11-8-7-9-12-25)22(4)18-33-30-23(5)14-16-31-15-10-13-26-27(31)17-21(3)24(6)29-26/h7-9,11-12,17,20,22,28H,10,13-16,18-19H2,1-6H3. The van der Waals surface area contributed by atoms with Gasteiger partial charge in [-0.05, 0) is 56.7 Å². The first-order valence-corrected chi connectivity index (χ1v) is 12.4. The summed E-state index contributed by atoms with van der Waals surface area (Å²) in [5, 5.41) is 4.41. The van der Waals surface area contributed by atoms with E-state index in [0.29, 0.717) is 19.1 Å². The number of aromatic nitrogens is 1. The Kier molecular flexibility index (Phi) is 9.30. The smallest absolute Gasteiger partial charge is 0.122 e. The minimum absolute atomic E-state index is 0.129. The van der Waals surface area contributed by atoms with Crippen molar-refractivity contribution in [2.45, 2.75) is 73.5 Å². The number of rotatable bonds is 11. The normalized spacial score (nSPS) is 16.0. The number of nitrogens with zero attached hydrogens (tertiary/aromatic N) is 3. The zero-order valence-corrected chi connectivity index (χ0v) is 21.3. The average molecular weight is 452 g/mol. The fraction of sp³-hybridized carbons (Fsp3) is 0.571. The van der Waals surface area contributed by atoms with Gasteiger partial charge in [0.2, 0.25) is 0 Å². The van der Waals surface area contributed by atoms with Crippen LogP contribution in [-0.2, 0) is 22.6 Å². The van der Waals surface area contributed by atoms with Crippen molar-refractivity contribution in [2.24, 2.45) is 17.0 Å². The molecule has 0 amide bonds. The minimum Gasteiger partial charge on any atom is -0.395 e. The number of aryl methyl sites for hydroxylation is 3. The molecule has 1 aliphatic rings. The molecule has 180 valence electrons. The molecule has 0 radical (unpaired) electrons. The van der Waals surface area contributed by atoms with Crippen molar-refractivity contribution >= 4 is 11.4 Å². The topological polar surface area (TPSA) is 47.0 Å². The van der Waals surface area contributed by atoms with Crippen LogP contribution in [0.4, 0.5) is 5.69 Å². The molecule has 0 saturated heterocycles. The number of oxime groups is 1. The summed E-state index contributed by atoms with van der Waals surface area (Å²) in [6.07, 6.45) is 3.25. The van der Waals surface area contributed by atoms with Gasteiger partial charge in [0, 0.05) is 31.1 Å². The second kappa shape index (κ2) is 12.2. The van der Waals surface area contributed by atoms with Crippen LogP contribution in [0.2, 0.25) is 0 Å². The van der Waals surface area contributed by atoms with Crippen LogP contribution in [0.3, 0.4) is 0 Å². The Morgan fingerprint density at radius 2 is 1.91 bits per heavy atom. The van der Waals surface area contributed by atoms with E-state index in [4.69, 9.17) is 14.6 Å². The number of anilines is 1. The third-order valence-electron chi connectivity index (χ3n) is 6.51. The molecule has 1 aromatic heterocycles. The Hall–Kier alpha value is -2.40. The molecule has 5 heteroatoms. The summed E-state index contributed by atoms with van der Waals surface area (Å²) >= 11 is 0. The summed E-state index contributed by atoms with van der Waals surface area (Å²) in [6, 6.07) is 12.6. The first kappa shape index (κ1) is 25.2. The highest BCUT2D eigenvalue weighted by Gasteiger charge is 2.23.